The second-order valence-electron chi connectivity index (χ2n) is 8.86. The van der Waals surface area contributed by atoms with Crippen LogP contribution >= 0.6 is 23.2 Å². The molecule has 198 valence electrons. The minimum atomic E-state index is -0.683. The first-order valence-electron chi connectivity index (χ1n) is 12.6. The maximum Gasteiger partial charge on any atom is 0.271 e. The van der Waals surface area contributed by atoms with Crippen LogP contribution < -0.4 is 16.0 Å². The third kappa shape index (κ3) is 5.51. The number of anilines is 1. The highest BCUT2D eigenvalue weighted by Crippen LogP contribution is 2.31. The molecule has 1 aromatic carbocycles. The van der Waals surface area contributed by atoms with Gasteiger partial charge < -0.3 is 20.9 Å². The summed E-state index contributed by atoms with van der Waals surface area (Å²) in [5, 5.41) is 8.72. The Labute approximate surface area is 226 Å². The van der Waals surface area contributed by atoms with Crippen molar-refractivity contribution in [3.05, 3.63) is 45.7 Å². The number of benzene rings is 1. The average Bonchev–Trinajstić information content (AvgIpc) is 3.58. The highest BCUT2D eigenvalue weighted by Gasteiger charge is 2.30. The molecule has 2 amide bonds. The average molecular weight is 547 g/mol. The smallest absolute Gasteiger partial charge is 0.271 e. The number of primary amides is 1. The zero-order valence-corrected chi connectivity index (χ0v) is 22.8. The maximum absolute atomic E-state index is 12.7. The summed E-state index contributed by atoms with van der Waals surface area (Å²) in [6.07, 6.45) is 3.55. The van der Waals surface area contributed by atoms with Gasteiger partial charge in [0.2, 0.25) is 5.91 Å². The summed E-state index contributed by atoms with van der Waals surface area (Å²) in [6.45, 7) is 9.29. The summed E-state index contributed by atoms with van der Waals surface area (Å²) in [5.74, 6) is 0.134. The van der Waals surface area contributed by atoms with Crippen molar-refractivity contribution >= 4 is 52.0 Å². The first kappa shape index (κ1) is 27.1. The summed E-state index contributed by atoms with van der Waals surface area (Å²) in [6, 6.07) is 4.81. The number of fused-ring (bicyclic) bond motifs is 1. The van der Waals surface area contributed by atoms with Gasteiger partial charge in [0.25, 0.3) is 5.91 Å². The molecule has 3 aromatic rings. The molecule has 0 spiro atoms. The zero-order valence-electron chi connectivity index (χ0n) is 21.2. The van der Waals surface area contributed by atoms with Gasteiger partial charge in [0.05, 0.1) is 18.3 Å². The fourth-order valence-electron chi connectivity index (χ4n) is 4.73. The molecule has 12 heteroatoms. The Bertz CT molecular complexity index is 1280. The number of carbonyl (C=O) groups excluding carboxylic acids is 2. The van der Waals surface area contributed by atoms with Crippen molar-refractivity contribution in [2.75, 3.05) is 37.6 Å². The second kappa shape index (κ2) is 11.6. The van der Waals surface area contributed by atoms with E-state index >= 15 is 0 Å². The van der Waals surface area contributed by atoms with Gasteiger partial charge >= 0.3 is 0 Å². The topological polar surface area (TPSA) is 122 Å². The lowest BCUT2D eigenvalue weighted by Gasteiger charge is -2.36. The monoisotopic (exact) mass is 546 g/mol. The molecular weight excluding hydrogens is 515 g/mol. The Kier molecular flexibility index (Phi) is 8.51. The number of halogens is 2. The van der Waals surface area contributed by atoms with Gasteiger partial charge in [0, 0.05) is 36.2 Å². The molecule has 2 unspecified atom stereocenters. The van der Waals surface area contributed by atoms with E-state index in [9.17, 15) is 9.59 Å². The van der Waals surface area contributed by atoms with E-state index in [4.69, 9.17) is 33.9 Å². The van der Waals surface area contributed by atoms with Gasteiger partial charge in [-0.15, -0.1) is 0 Å². The van der Waals surface area contributed by atoms with E-state index in [-0.39, 0.29) is 23.7 Å². The molecule has 4 heterocycles. The van der Waals surface area contributed by atoms with Gasteiger partial charge in [0.1, 0.15) is 11.3 Å². The molecule has 0 bridgehead atoms. The van der Waals surface area contributed by atoms with Gasteiger partial charge in [-0.25, -0.2) is 14.6 Å². The second-order valence-corrected chi connectivity index (χ2v) is 9.70. The number of hydrogen-bond acceptors (Lipinski definition) is 7. The first-order valence-corrected chi connectivity index (χ1v) is 13.4. The number of nitrogens with two attached hydrogens (primary N) is 1. The Morgan fingerprint density at radius 1 is 1.16 bits per heavy atom. The van der Waals surface area contributed by atoms with E-state index in [2.05, 4.69) is 20.3 Å². The molecule has 2 atom stereocenters. The molecule has 2 saturated heterocycles. The molecule has 10 nitrogen and oxygen atoms in total. The van der Waals surface area contributed by atoms with Crippen LogP contribution in [0.3, 0.4) is 0 Å². The molecule has 37 heavy (non-hydrogen) atoms. The maximum atomic E-state index is 12.7. The number of hydrogen-bond donors (Lipinski definition) is 2. The zero-order chi connectivity index (χ0) is 26.7. The molecular formula is C25H32Cl2N8O2. The van der Waals surface area contributed by atoms with E-state index in [1.807, 2.05) is 31.7 Å². The minimum Gasteiger partial charge on any atom is -0.364 e. The van der Waals surface area contributed by atoms with Crippen LogP contribution in [0.2, 0.25) is 10.0 Å². The van der Waals surface area contributed by atoms with Crippen LogP contribution in [0, 0.1) is 0 Å². The number of amides is 2. The van der Waals surface area contributed by atoms with Crippen molar-refractivity contribution in [2.24, 2.45) is 5.73 Å². The summed E-state index contributed by atoms with van der Waals surface area (Å²) in [4.78, 5) is 38.1. The van der Waals surface area contributed by atoms with E-state index in [0.717, 1.165) is 24.9 Å². The quantitative estimate of drug-likeness (QED) is 0.503. The fraction of sp³-hybridized carbons (Fsp3) is 0.480. The van der Waals surface area contributed by atoms with Crippen LogP contribution in [0.4, 0.5) is 5.82 Å². The predicted octanol–water partition coefficient (Wildman–Crippen LogP) is 3.27. The van der Waals surface area contributed by atoms with Crippen LogP contribution in [0.1, 0.15) is 55.7 Å². The molecule has 0 saturated carbocycles. The van der Waals surface area contributed by atoms with Crippen molar-refractivity contribution < 1.29 is 9.59 Å². The number of rotatable bonds is 5. The molecule has 2 aliphatic heterocycles. The normalized spacial score (nSPS) is 18.5. The summed E-state index contributed by atoms with van der Waals surface area (Å²) in [5.41, 5.74) is 7.17. The molecule has 2 aromatic heterocycles. The standard InChI is InChI=1S/C23H26Cl2N8O2.C2H6/c1-13(15-5-4-14(24)11-16(15)25)33-22-20(19(30-33)21(26)34)28-12-18(29-22)31-7-9-32(10-8-31)23(35)17-3-2-6-27-17;1-2/h4-5,11-13,17,27H,2-3,6-10H2,1H3,(H2,26,34);1-2H3. The Hall–Kier alpha value is -2.95. The highest BCUT2D eigenvalue weighted by atomic mass is 35.5. The van der Waals surface area contributed by atoms with Gasteiger partial charge in [0.15, 0.2) is 11.3 Å². The predicted molar refractivity (Wildman–Crippen MR) is 145 cm³/mol. The minimum absolute atomic E-state index is 0.0514. The number of nitrogens with zero attached hydrogens (tertiary/aromatic N) is 6. The van der Waals surface area contributed by atoms with E-state index < -0.39 is 5.91 Å². The Balaban J connectivity index is 0.00000156. The number of carbonyl (C=O) groups is 2. The largest absolute Gasteiger partial charge is 0.364 e. The van der Waals surface area contributed by atoms with E-state index in [1.54, 1.807) is 23.0 Å². The van der Waals surface area contributed by atoms with Gasteiger partial charge in [-0.2, -0.15) is 5.10 Å². The number of aromatic nitrogens is 4. The third-order valence-corrected chi connectivity index (χ3v) is 7.24. The molecule has 3 N–H and O–H groups in total. The van der Waals surface area contributed by atoms with Crippen LogP contribution in [0.15, 0.2) is 24.4 Å². The van der Waals surface area contributed by atoms with Crippen molar-refractivity contribution in [3.8, 4) is 0 Å². The highest BCUT2D eigenvalue weighted by molar-refractivity contribution is 6.35. The molecule has 0 radical (unpaired) electrons. The van der Waals surface area contributed by atoms with Crippen molar-refractivity contribution in [1.29, 1.82) is 0 Å². The SMILES string of the molecule is CC.CC(c1ccc(Cl)cc1Cl)n1nc(C(N)=O)c2ncc(N3CCN(C(=O)C4CCCN4)CC3)nc21. The van der Waals surface area contributed by atoms with Gasteiger partial charge in [-0.05, 0) is 44.0 Å². The van der Waals surface area contributed by atoms with Gasteiger partial charge in [-0.1, -0.05) is 43.1 Å². The summed E-state index contributed by atoms with van der Waals surface area (Å²) in [7, 11) is 0. The lowest BCUT2D eigenvalue weighted by molar-refractivity contribution is -0.133. The van der Waals surface area contributed by atoms with Crippen LogP contribution in [0.5, 0.6) is 0 Å². The first-order chi connectivity index (χ1) is 17.8. The summed E-state index contributed by atoms with van der Waals surface area (Å²) < 4.78 is 1.62. The number of nitrogens with one attached hydrogen (secondary N) is 1. The lowest BCUT2D eigenvalue weighted by Crippen LogP contribution is -2.53. The lowest BCUT2D eigenvalue weighted by atomic mass is 10.1. The van der Waals surface area contributed by atoms with Gasteiger partial charge in [-0.3, -0.25) is 9.59 Å². The van der Waals surface area contributed by atoms with Crippen molar-refractivity contribution in [2.45, 2.75) is 45.7 Å². The third-order valence-electron chi connectivity index (χ3n) is 6.68. The van der Waals surface area contributed by atoms with Crippen molar-refractivity contribution in [3.63, 3.8) is 0 Å². The molecule has 2 fully saturated rings. The number of piperazine rings is 1. The fourth-order valence-corrected chi connectivity index (χ4v) is 5.30. The Morgan fingerprint density at radius 3 is 2.51 bits per heavy atom. The summed E-state index contributed by atoms with van der Waals surface area (Å²) >= 11 is 12.5. The van der Waals surface area contributed by atoms with Crippen LogP contribution in [-0.2, 0) is 4.79 Å². The van der Waals surface area contributed by atoms with E-state index in [0.29, 0.717) is 53.2 Å². The van der Waals surface area contributed by atoms with Crippen molar-refractivity contribution in [1.82, 2.24) is 30.0 Å². The molecule has 2 aliphatic rings. The Morgan fingerprint density at radius 2 is 1.89 bits per heavy atom. The molecule has 5 rings (SSSR count). The van der Waals surface area contributed by atoms with E-state index in [1.165, 1.54) is 0 Å². The molecule has 0 aliphatic carbocycles. The van der Waals surface area contributed by atoms with Crippen LogP contribution in [-0.4, -0.2) is 75.2 Å². The van der Waals surface area contributed by atoms with Crippen LogP contribution in [0.25, 0.3) is 11.2 Å².